The standard InChI is InChI=1S/C17H24FN3/c1-4-9-19-16(7-8-17-20-10-11-21(17)3)14-6-5-13(2)12-15(14)18/h5-6,10-12,16,19H,4,7-9H2,1-3H3. The molecule has 0 aliphatic heterocycles. The van der Waals surface area contributed by atoms with Gasteiger partial charge in [0.1, 0.15) is 11.6 Å². The number of rotatable bonds is 7. The summed E-state index contributed by atoms with van der Waals surface area (Å²) >= 11 is 0. The van der Waals surface area contributed by atoms with Crippen LogP contribution in [0.4, 0.5) is 4.39 Å². The molecule has 1 aromatic heterocycles. The summed E-state index contributed by atoms with van der Waals surface area (Å²) in [5.74, 6) is 0.911. The SMILES string of the molecule is CCCNC(CCc1nccn1C)c1ccc(C)cc1F. The highest BCUT2D eigenvalue weighted by Gasteiger charge is 2.16. The lowest BCUT2D eigenvalue weighted by Gasteiger charge is -2.20. The van der Waals surface area contributed by atoms with E-state index in [0.29, 0.717) is 0 Å². The van der Waals surface area contributed by atoms with Crippen LogP contribution in [0.5, 0.6) is 0 Å². The Hall–Kier alpha value is -1.68. The second kappa shape index (κ2) is 7.36. The van der Waals surface area contributed by atoms with E-state index in [1.54, 1.807) is 12.3 Å². The van der Waals surface area contributed by atoms with Crippen LogP contribution < -0.4 is 5.32 Å². The largest absolute Gasteiger partial charge is 0.338 e. The third kappa shape index (κ3) is 4.14. The summed E-state index contributed by atoms with van der Waals surface area (Å²) < 4.78 is 16.2. The lowest BCUT2D eigenvalue weighted by atomic mass is 9.99. The van der Waals surface area contributed by atoms with Gasteiger partial charge in [-0.05, 0) is 37.9 Å². The van der Waals surface area contributed by atoms with E-state index < -0.39 is 0 Å². The van der Waals surface area contributed by atoms with Crippen molar-refractivity contribution in [3.8, 4) is 0 Å². The van der Waals surface area contributed by atoms with Gasteiger partial charge < -0.3 is 9.88 Å². The molecule has 0 bridgehead atoms. The number of hydrogen-bond donors (Lipinski definition) is 1. The van der Waals surface area contributed by atoms with Crippen LogP contribution in [0.1, 0.15) is 42.8 Å². The highest BCUT2D eigenvalue weighted by molar-refractivity contribution is 5.26. The van der Waals surface area contributed by atoms with E-state index >= 15 is 0 Å². The molecule has 1 aromatic carbocycles. The number of nitrogens with zero attached hydrogens (tertiary/aromatic N) is 2. The van der Waals surface area contributed by atoms with E-state index in [0.717, 1.165) is 42.8 Å². The molecule has 0 amide bonds. The minimum absolute atomic E-state index is 0.0299. The molecule has 2 aromatic rings. The first-order valence-corrected chi connectivity index (χ1v) is 7.57. The van der Waals surface area contributed by atoms with E-state index in [-0.39, 0.29) is 11.9 Å². The maximum atomic E-state index is 14.2. The van der Waals surface area contributed by atoms with Crippen LogP contribution in [-0.2, 0) is 13.5 Å². The Bertz CT molecular complexity index is 577. The van der Waals surface area contributed by atoms with Gasteiger partial charge in [0.05, 0.1) is 0 Å². The van der Waals surface area contributed by atoms with Gasteiger partial charge in [0.25, 0.3) is 0 Å². The fourth-order valence-electron chi connectivity index (χ4n) is 2.51. The Morgan fingerprint density at radius 2 is 2.19 bits per heavy atom. The van der Waals surface area contributed by atoms with Crippen LogP contribution in [-0.4, -0.2) is 16.1 Å². The van der Waals surface area contributed by atoms with Crippen LogP contribution in [0.2, 0.25) is 0 Å². The topological polar surface area (TPSA) is 29.9 Å². The Labute approximate surface area is 126 Å². The quantitative estimate of drug-likeness (QED) is 0.845. The summed E-state index contributed by atoms with van der Waals surface area (Å²) in [7, 11) is 1.99. The molecule has 0 spiro atoms. The molecule has 1 atom stereocenters. The smallest absolute Gasteiger partial charge is 0.128 e. The number of nitrogens with one attached hydrogen (secondary N) is 1. The molecule has 2 rings (SSSR count). The Morgan fingerprint density at radius 3 is 2.81 bits per heavy atom. The minimum atomic E-state index is -0.122. The molecule has 0 fully saturated rings. The van der Waals surface area contributed by atoms with Gasteiger partial charge in [-0.15, -0.1) is 0 Å². The number of benzene rings is 1. The molecule has 1 unspecified atom stereocenters. The first-order chi connectivity index (χ1) is 10.1. The third-order valence-electron chi connectivity index (χ3n) is 3.75. The number of imidazole rings is 1. The van der Waals surface area contributed by atoms with Crippen LogP contribution in [0, 0.1) is 12.7 Å². The third-order valence-corrected chi connectivity index (χ3v) is 3.75. The lowest BCUT2D eigenvalue weighted by Crippen LogP contribution is -2.24. The average molecular weight is 289 g/mol. The second-order valence-electron chi connectivity index (χ2n) is 5.52. The molecule has 21 heavy (non-hydrogen) atoms. The number of aromatic nitrogens is 2. The summed E-state index contributed by atoms with van der Waals surface area (Å²) in [4.78, 5) is 4.34. The molecule has 0 aliphatic carbocycles. The maximum absolute atomic E-state index is 14.2. The minimum Gasteiger partial charge on any atom is -0.338 e. The van der Waals surface area contributed by atoms with Gasteiger partial charge in [-0.2, -0.15) is 0 Å². The van der Waals surface area contributed by atoms with Gasteiger partial charge >= 0.3 is 0 Å². The summed E-state index contributed by atoms with van der Waals surface area (Å²) in [6, 6.07) is 5.51. The van der Waals surface area contributed by atoms with Crippen molar-refractivity contribution in [3.05, 3.63) is 53.4 Å². The van der Waals surface area contributed by atoms with Gasteiger partial charge in [0.2, 0.25) is 0 Å². The van der Waals surface area contributed by atoms with Gasteiger partial charge in [0.15, 0.2) is 0 Å². The van der Waals surface area contributed by atoms with Crippen molar-refractivity contribution in [2.75, 3.05) is 6.54 Å². The molecule has 0 radical (unpaired) electrons. The summed E-state index contributed by atoms with van der Waals surface area (Å²) in [6.45, 7) is 4.92. The summed E-state index contributed by atoms with van der Waals surface area (Å²) in [5, 5.41) is 3.45. The van der Waals surface area contributed by atoms with E-state index in [2.05, 4.69) is 17.2 Å². The van der Waals surface area contributed by atoms with Crippen molar-refractivity contribution < 1.29 is 4.39 Å². The highest BCUT2D eigenvalue weighted by atomic mass is 19.1. The zero-order chi connectivity index (χ0) is 15.2. The van der Waals surface area contributed by atoms with Crippen molar-refractivity contribution in [3.63, 3.8) is 0 Å². The zero-order valence-electron chi connectivity index (χ0n) is 13.1. The van der Waals surface area contributed by atoms with E-state index in [1.807, 2.05) is 36.9 Å². The molecule has 0 saturated carbocycles. The molecule has 0 aliphatic rings. The molecular formula is C17H24FN3. The highest BCUT2D eigenvalue weighted by Crippen LogP contribution is 2.22. The normalized spacial score (nSPS) is 12.6. The van der Waals surface area contributed by atoms with E-state index in [1.165, 1.54) is 0 Å². The zero-order valence-corrected chi connectivity index (χ0v) is 13.1. The molecule has 3 nitrogen and oxygen atoms in total. The summed E-state index contributed by atoms with van der Waals surface area (Å²) in [6.07, 6.45) is 6.45. The van der Waals surface area contributed by atoms with Crippen molar-refractivity contribution in [2.24, 2.45) is 7.05 Å². The van der Waals surface area contributed by atoms with Crippen molar-refractivity contribution in [2.45, 2.75) is 39.2 Å². The predicted octanol–water partition coefficient (Wildman–Crippen LogP) is 3.54. The van der Waals surface area contributed by atoms with Gasteiger partial charge in [-0.25, -0.2) is 9.37 Å². The van der Waals surface area contributed by atoms with Crippen LogP contribution in [0.3, 0.4) is 0 Å². The number of halogens is 1. The number of aryl methyl sites for hydroxylation is 3. The monoisotopic (exact) mass is 289 g/mol. The Kier molecular flexibility index (Phi) is 5.51. The summed E-state index contributed by atoms with van der Waals surface area (Å²) in [5.41, 5.74) is 1.71. The van der Waals surface area contributed by atoms with Gasteiger partial charge in [-0.1, -0.05) is 19.1 Å². The first kappa shape index (κ1) is 15.7. The fraction of sp³-hybridized carbons (Fsp3) is 0.471. The Morgan fingerprint density at radius 1 is 1.38 bits per heavy atom. The molecule has 114 valence electrons. The fourth-order valence-corrected chi connectivity index (χ4v) is 2.51. The van der Waals surface area contributed by atoms with E-state index in [4.69, 9.17) is 0 Å². The molecule has 4 heteroatoms. The predicted molar refractivity (Wildman–Crippen MR) is 83.7 cm³/mol. The van der Waals surface area contributed by atoms with Crippen molar-refractivity contribution in [1.82, 2.24) is 14.9 Å². The maximum Gasteiger partial charge on any atom is 0.128 e. The van der Waals surface area contributed by atoms with Gasteiger partial charge in [0, 0.05) is 37.5 Å². The second-order valence-corrected chi connectivity index (χ2v) is 5.52. The first-order valence-electron chi connectivity index (χ1n) is 7.57. The molecule has 1 heterocycles. The van der Waals surface area contributed by atoms with Crippen molar-refractivity contribution >= 4 is 0 Å². The van der Waals surface area contributed by atoms with Gasteiger partial charge in [-0.3, -0.25) is 0 Å². The number of hydrogen-bond acceptors (Lipinski definition) is 2. The van der Waals surface area contributed by atoms with Crippen molar-refractivity contribution in [1.29, 1.82) is 0 Å². The molecule has 0 saturated heterocycles. The van der Waals surface area contributed by atoms with Crippen LogP contribution >= 0.6 is 0 Å². The average Bonchev–Trinajstić information content (AvgIpc) is 2.85. The van der Waals surface area contributed by atoms with Crippen LogP contribution in [0.25, 0.3) is 0 Å². The van der Waals surface area contributed by atoms with E-state index in [9.17, 15) is 4.39 Å². The molecule has 1 N–H and O–H groups in total. The lowest BCUT2D eigenvalue weighted by molar-refractivity contribution is 0.467. The molecular weight excluding hydrogens is 265 g/mol. The van der Waals surface area contributed by atoms with Crippen LogP contribution in [0.15, 0.2) is 30.6 Å². The Balaban J connectivity index is 2.12.